The number of urea groups is 1. The Morgan fingerprint density at radius 3 is 2.74 bits per heavy atom. The van der Waals surface area contributed by atoms with Gasteiger partial charge in [-0.2, -0.15) is 0 Å². The highest BCUT2D eigenvalue weighted by Crippen LogP contribution is 2.27. The maximum Gasteiger partial charge on any atom is 0.324 e. The van der Waals surface area contributed by atoms with Crippen molar-refractivity contribution in [3.05, 3.63) is 5.01 Å². The van der Waals surface area contributed by atoms with Gasteiger partial charge in [0.05, 0.1) is 0 Å². The quantitative estimate of drug-likeness (QED) is 0.798. The van der Waals surface area contributed by atoms with Crippen LogP contribution in [-0.2, 0) is 10.2 Å². The van der Waals surface area contributed by atoms with Crippen LogP contribution in [0.2, 0.25) is 0 Å². The van der Waals surface area contributed by atoms with Crippen LogP contribution in [0, 0.1) is 0 Å². The van der Waals surface area contributed by atoms with E-state index in [-0.39, 0.29) is 23.9 Å². The minimum atomic E-state index is -0.313. The molecule has 2 rings (SSSR count). The molecule has 0 saturated carbocycles. The zero-order valence-electron chi connectivity index (χ0n) is 11.2. The summed E-state index contributed by atoms with van der Waals surface area (Å²) in [6.07, 6.45) is 0. The topological polar surface area (TPSA) is 87.2 Å². The molecule has 0 spiro atoms. The van der Waals surface area contributed by atoms with Gasteiger partial charge in [0, 0.05) is 18.5 Å². The number of nitrogens with one attached hydrogen (secondary N) is 2. The summed E-state index contributed by atoms with van der Waals surface area (Å²) in [5.41, 5.74) is -0.0916. The highest BCUT2D eigenvalue weighted by Gasteiger charge is 2.23. The van der Waals surface area contributed by atoms with E-state index in [9.17, 15) is 9.59 Å². The van der Waals surface area contributed by atoms with E-state index in [0.717, 1.165) is 5.01 Å². The molecule has 2 heterocycles. The van der Waals surface area contributed by atoms with E-state index in [4.69, 9.17) is 0 Å². The summed E-state index contributed by atoms with van der Waals surface area (Å²) in [6.45, 7) is 7.17. The molecule has 19 heavy (non-hydrogen) atoms. The number of hydrogen-bond donors (Lipinski definition) is 2. The lowest BCUT2D eigenvalue weighted by Crippen LogP contribution is -2.51. The first-order chi connectivity index (χ1) is 8.86. The third kappa shape index (κ3) is 3.40. The van der Waals surface area contributed by atoms with Gasteiger partial charge in [0.1, 0.15) is 11.6 Å². The molecule has 1 aliphatic heterocycles. The van der Waals surface area contributed by atoms with Crippen molar-refractivity contribution in [1.82, 2.24) is 20.4 Å². The fourth-order valence-electron chi connectivity index (χ4n) is 1.56. The Morgan fingerprint density at radius 2 is 2.16 bits per heavy atom. The van der Waals surface area contributed by atoms with Crippen molar-refractivity contribution < 1.29 is 9.59 Å². The zero-order chi connectivity index (χ0) is 14.0. The molecule has 104 valence electrons. The molecule has 0 aromatic carbocycles. The van der Waals surface area contributed by atoms with E-state index in [1.54, 1.807) is 0 Å². The summed E-state index contributed by atoms with van der Waals surface area (Å²) in [7, 11) is 0. The lowest BCUT2D eigenvalue weighted by Gasteiger charge is -2.26. The van der Waals surface area contributed by atoms with Gasteiger partial charge in [-0.15, -0.1) is 10.2 Å². The number of hydrogen-bond acceptors (Lipinski definition) is 5. The minimum Gasteiger partial charge on any atom is -0.353 e. The van der Waals surface area contributed by atoms with Gasteiger partial charge in [0.15, 0.2) is 0 Å². The third-order valence-electron chi connectivity index (χ3n) is 2.61. The molecule has 0 aliphatic carbocycles. The fraction of sp³-hybridized carbons (Fsp3) is 0.636. The largest absolute Gasteiger partial charge is 0.353 e. The monoisotopic (exact) mass is 283 g/mol. The first kappa shape index (κ1) is 13.7. The summed E-state index contributed by atoms with van der Waals surface area (Å²) in [5.74, 6) is -0.144. The zero-order valence-corrected chi connectivity index (χ0v) is 12.0. The first-order valence-electron chi connectivity index (χ1n) is 6.03. The molecular formula is C11H17N5O2S. The molecule has 0 radical (unpaired) electrons. The van der Waals surface area contributed by atoms with Crippen LogP contribution in [0.15, 0.2) is 0 Å². The number of anilines is 1. The maximum atomic E-state index is 11.9. The smallest absolute Gasteiger partial charge is 0.324 e. The maximum absolute atomic E-state index is 11.9. The van der Waals surface area contributed by atoms with E-state index in [0.29, 0.717) is 18.2 Å². The Balaban J connectivity index is 1.99. The molecule has 8 heteroatoms. The van der Waals surface area contributed by atoms with Crippen LogP contribution in [0.5, 0.6) is 0 Å². The van der Waals surface area contributed by atoms with Crippen LogP contribution in [0.25, 0.3) is 0 Å². The van der Waals surface area contributed by atoms with Gasteiger partial charge in [0.25, 0.3) is 0 Å². The summed E-state index contributed by atoms with van der Waals surface area (Å²) >= 11 is 1.35. The molecule has 2 N–H and O–H groups in total. The van der Waals surface area contributed by atoms with Gasteiger partial charge in [-0.05, 0) is 0 Å². The highest BCUT2D eigenvalue weighted by atomic mass is 32.1. The van der Waals surface area contributed by atoms with Gasteiger partial charge < -0.3 is 10.2 Å². The molecule has 0 bridgehead atoms. The van der Waals surface area contributed by atoms with Crippen molar-refractivity contribution in [2.45, 2.75) is 26.2 Å². The number of nitrogens with zero attached hydrogens (tertiary/aromatic N) is 3. The van der Waals surface area contributed by atoms with Crippen molar-refractivity contribution in [2.24, 2.45) is 0 Å². The Morgan fingerprint density at radius 1 is 1.42 bits per heavy atom. The standard InChI is InChI=1S/C11H17N5O2S/c1-11(2,3)8-14-15-9(19-8)13-10(18)16-5-4-12-7(17)6-16/h4-6H2,1-3H3,(H,12,17)(H,13,15,18). The number of carbonyl (C=O) groups is 2. The highest BCUT2D eigenvalue weighted by molar-refractivity contribution is 7.15. The van der Waals surface area contributed by atoms with Crippen LogP contribution in [0.3, 0.4) is 0 Å². The van der Waals surface area contributed by atoms with Crippen LogP contribution in [0.4, 0.5) is 9.93 Å². The van der Waals surface area contributed by atoms with Gasteiger partial charge >= 0.3 is 6.03 Å². The summed E-state index contributed by atoms with van der Waals surface area (Å²) in [5, 5.41) is 14.7. The van der Waals surface area contributed by atoms with Gasteiger partial charge in [-0.1, -0.05) is 32.1 Å². The molecule has 0 unspecified atom stereocenters. The lowest BCUT2D eigenvalue weighted by molar-refractivity contribution is -0.123. The van der Waals surface area contributed by atoms with E-state index >= 15 is 0 Å². The Bertz CT molecular complexity index is 494. The Kier molecular flexibility index (Phi) is 3.70. The molecule has 1 aromatic rings. The SMILES string of the molecule is CC(C)(C)c1nnc(NC(=O)N2CCNC(=O)C2)s1. The molecule has 3 amide bonds. The minimum absolute atomic E-state index is 0.0801. The number of carbonyl (C=O) groups excluding carboxylic acids is 2. The molecule has 1 fully saturated rings. The van der Waals surface area contributed by atoms with Gasteiger partial charge in [-0.25, -0.2) is 4.79 Å². The molecular weight excluding hydrogens is 266 g/mol. The Labute approximate surface area is 115 Å². The summed E-state index contributed by atoms with van der Waals surface area (Å²) in [4.78, 5) is 24.6. The van der Waals surface area contributed by atoms with Crippen molar-refractivity contribution in [3.8, 4) is 0 Å². The third-order valence-corrected chi connectivity index (χ3v) is 3.87. The van der Waals surface area contributed by atoms with E-state index in [2.05, 4.69) is 20.8 Å². The van der Waals surface area contributed by atoms with Gasteiger partial charge in [-0.3, -0.25) is 10.1 Å². The average Bonchev–Trinajstić information content (AvgIpc) is 2.77. The van der Waals surface area contributed by atoms with Crippen LogP contribution >= 0.6 is 11.3 Å². The van der Waals surface area contributed by atoms with Crippen LogP contribution < -0.4 is 10.6 Å². The lowest BCUT2D eigenvalue weighted by atomic mass is 9.98. The van der Waals surface area contributed by atoms with Crippen molar-refractivity contribution in [3.63, 3.8) is 0 Å². The van der Waals surface area contributed by atoms with Gasteiger partial charge in [0.2, 0.25) is 11.0 Å². The number of aromatic nitrogens is 2. The fourth-order valence-corrected chi connectivity index (χ4v) is 2.35. The van der Waals surface area contributed by atoms with E-state index in [1.807, 2.05) is 20.8 Å². The first-order valence-corrected chi connectivity index (χ1v) is 6.84. The van der Waals surface area contributed by atoms with Crippen molar-refractivity contribution in [1.29, 1.82) is 0 Å². The van der Waals surface area contributed by atoms with E-state index in [1.165, 1.54) is 16.2 Å². The second-order valence-electron chi connectivity index (χ2n) is 5.36. The second kappa shape index (κ2) is 5.12. The normalized spacial score (nSPS) is 16.2. The van der Waals surface area contributed by atoms with Crippen LogP contribution in [-0.4, -0.2) is 46.7 Å². The second-order valence-corrected chi connectivity index (χ2v) is 6.34. The molecule has 7 nitrogen and oxygen atoms in total. The summed E-state index contributed by atoms with van der Waals surface area (Å²) < 4.78 is 0. The Hall–Kier alpha value is -1.70. The van der Waals surface area contributed by atoms with Crippen LogP contribution in [0.1, 0.15) is 25.8 Å². The number of amides is 3. The summed E-state index contributed by atoms with van der Waals surface area (Å²) in [6, 6.07) is -0.313. The number of rotatable bonds is 1. The molecule has 1 saturated heterocycles. The van der Waals surface area contributed by atoms with E-state index < -0.39 is 0 Å². The van der Waals surface area contributed by atoms with Crippen molar-refractivity contribution in [2.75, 3.05) is 25.0 Å². The van der Waals surface area contributed by atoms with Crippen molar-refractivity contribution >= 4 is 28.4 Å². The average molecular weight is 283 g/mol. The predicted molar refractivity (Wildman–Crippen MR) is 72.2 cm³/mol. The molecule has 1 aliphatic rings. The molecule has 1 aromatic heterocycles. The predicted octanol–water partition coefficient (Wildman–Crippen LogP) is 0.799. The molecule has 0 atom stereocenters. The number of piperazine rings is 1.